The summed E-state index contributed by atoms with van der Waals surface area (Å²) in [4.78, 5) is 23.9. The summed E-state index contributed by atoms with van der Waals surface area (Å²) in [5.74, 6) is 0.250. The van der Waals surface area contributed by atoms with Gasteiger partial charge in [0.15, 0.2) is 16.6 Å². The number of hydrogen-bond acceptors (Lipinski definition) is 5. The van der Waals surface area contributed by atoms with E-state index >= 15 is 0 Å². The molecule has 7 nitrogen and oxygen atoms in total. The fraction of sp³-hybridized carbons (Fsp3) is 0.105. The summed E-state index contributed by atoms with van der Waals surface area (Å²) in [7, 11) is 3.07. The average molecular weight is 420 g/mol. The van der Waals surface area contributed by atoms with Crippen molar-refractivity contribution in [3.63, 3.8) is 0 Å². The molecule has 0 spiro atoms. The molecule has 2 aromatic rings. The summed E-state index contributed by atoms with van der Waals surface area (Å²) in [6, 6.07) is 11.5. The summed E-state index contributed by atoms with van der Waals surface area (Å²) in [6.45, 7) is 0. The molecule has 0 radical (unpaired) electrons. The van der Waals surface area contributed by atoms with Gasteiger partial charge in [-0.05, 0) is 60.3 Å². The van der Waals surface area contributed by atoms with Crippen molar-refractivity contribution in [2.45, 2.75) is 0 Å². The third-order valence-electron chi connectivity index (χ3n) is 3.47. The highest BCUT2D eigenvalue weighted by molar-refractivity contribution is 7.80. The third-order valence-corrected chi connectivity index (χ3v) is 3.92. The monoisotopic (exact) mass is 419 g/mol. The van der Waals surface area contributed by atoms with Crippen molar-refractivity contribution >= 4 is 46.8 Å². The number of amides is 2. The van der Waals surface area contributed by atoms with Crippen LogP contribution in [0, 0.1) is 0 Å². The van der Waals surface area contributed by atoms with E-state index in [0.717, 1.165) is 5.56 Å². The Balaban J connectivity index is 1.85. The van der Waals surface area contributed by atoms with E-state index in [1.807, 2.05) is 0 Å². The van der Waals surface area contributed by atoms with Gasteiger partial charge in [0, 0.05) is 16.7 Å². The molecule has 28 heavy (non-hydrogen) atoms. The van der Waals surface area contributed by atoms with Crippen molar-refractivity contribution in [2.75, 3.05) is 14.2 Å². The summed E-state index contributed by atoms with van der Waals surface area (Å²) < 4.78 is 10.4. The van der Waals surface area contributed by atoms with Crippen molar-refractivity contribution in [3.8, 4) is 11.5 Å². The number of rotatable bonds is 5. The summed E-state index contributed by atoms with van der Waals surface area (Å²) in [6.07, 6.45) is 2.89. The minimum absolute atomic E-state index is 0.0516. The number of benzene rings is 2. The van der Waals surface area contributed by atoms with Crippen molar-refractivity contribution < 1.29 is 19.1 Å². The Kier molecular flexibility index (Phi) is 7.79. The molecule has 2 aromatic carbocycles. The lowest BCUT2D eigenvalue weighted by Crippen LogP contribution is -2.48. The van der Waals surface area contributed by atoms with Crippen LogP contribution >= 0.6 is 23.8 Å². The molecule has 0 aromatic heterocycles. The van der Waals surface area contributed by atoms with Crippen LogP contribution in [0.5, 0.6) is 11.5 Å². The number of methoxy groups -OCH3 is 2. The van der Waals surface area contributed by atoms with E-state index in [-0.39, 0.29) is 5.11 Å². The minimum atomic E-state index is -0.465. The maximum atomic E-state index is 11.9. The molecule has 0 atom stereocenters. The second-order valence-electron chi connectivity index (χ2n) is 5.35. The van der Waals surface area contributed by atoms with Gasteiger partial charge >= 0.3 is 0 Å². The zero-order valence-corrected chi connectivity index (χ0v) is 16.7. The molecule has 0 aliphatic carbocycles. The van der Waals surface area contributed by atoms with Crippen LogP contribution in [0.3, 0.4) is 0 Å². The first-order valence-electron chi connectivity index (χ1n) is 8.00. The molecule has 0 heterocycles. The van der Waals surface area contributed by atoms with Gasteiger partial charge in [-0.1, -0.05) is 17.7 Å². The Labute approximate surface area is 172 Å². The first-order valence-corrected chi connectivity index (χ1v) is 8.78. The predicted octanol–water partition coefficient (Wildman–Crippen LogP) is 2.71. The maximum absolute atomic E-state index is 11.9. The fourth-order valence-electron chi connectivity index (χ4n) is 2.10. The highest BCUT2D eigenvalue weighted by Crippen LogP contribution is 2.27. The molecule has 0 bridgehead atoms. The summed E-state index contributed by atoms with van der Waals surface area (Å²) >= 11 is 10.7. The lowest BCUT2D eigenvalue weighted by atomic mass is 10.2. The van der Waals surface area contributed by atoms with Crippen LogP contribution in [0.15, 0.2) is 48.5 Å². The van der Waals surface area contributed by atoms with Gasteiger partial charge < -0.3 is 9.47 Å². The Morgan fingerprint density at radius 1 is 1.00 bits per heavy atom. The van der Waals surface area contributed by atoms with Crippen molar-refractivity contribution in [2.24, 2.45) is 0 Å². The van der Waals surface area contributed by atoms with Crippen LogP contribution in [0.25, 0.3) is 6.08 Å². The Morgan fingerprint density at radius 2 is 1.68 bits per heavy atom. The van der Waals surface area contributed by atoms with E-state index in [2.05, 4.69) is 16.2 Å². The highest BCUT2D eigenvalue weighted by Gasteiger charge is 2.07. The van der Waals surface area contributed by atoms with Crippen LogP contribution in [-0.2, 0) is 4.79 Å². The number of carbonyl (C=O) groups is 2. The van der Waals surface area contributed by atoms with E-state index in [4.69, 9.17) is 33.3 Å². The molecule has 0 aliphatic rings. The molecule has 9 heteroatoms. The number of halogens is 1. The molecular weight excluding hydrogens is 402 g/mol. The van der Waals surface area contributed by atoms with Gasteiger partial charge in [-0.25, -0.2) is 0 Å². The second kappa shape index (κ2) is 10.3. The number of ether oxygens (including phenoxy) is 2. The SMILES string of the molecule is COc1ccc(C=CC(=O)NC(=S)NNC(=O)c2ccc(Cl)cc2)cc1OC. The van der Waals surface area contributed by atoms with E-state index < -0.39 is 11.8 Å². The first-order chi connectivity index (χ1) is 13.4. The molecule has 2 amide bonds. The Bertz CT molecular complexity index is 901. The lowest BCUT2D eigenvalue weighted by molar-refractivity contribution is -0.115. The highest BCUT2D eigenvalue weighted by atomic mass is 35.5. The van der Waals surface area contributed by atoms with Crippen LogP contribution in [-0.4, -0.2) is 31.1 Å². The molecule has 0 saturated carbocycles. The Hall–Kier alpha value is -3.10. The molecule has 0 unspecified atom stereocenters. The van der Waals surface area contributed by atoms with Gasteiger partial charge in [0.2, 0.25) is 5.91 Å². The normalized spacial score (nSPS) is 10.2. The van der Waals surface area contributed by atoms with Gasteiger partial charge in [-0.2, -0.15) is 0 Å². The number of carbonyl (C=O) groups excluding carboxylic acids is 2. The predicted molar refractivity (Wildman–Crippen MR) is 111 cm³/mol. The topological polar surface area (TPSA) is 88.7 Å². The quantitative estimate of drug-likeness (QED) is 0.392. The van der Waals surface area contributed by atoms with Gasteiger partial charge in [0.1, 0.15) is 0 Å². The van der Waals surface area contributed by atoms with Crippen LogP contribution in [0.2, 0.25) is 5.02 Å². The average Bonchev–Trinajstić information content (AvgIpc) is 2.70. The smallest absolute Gasteiger partial charge is 0.269 e. The summed E-state index contributed by atoms with van der Waals surface area (Å²) in [5.41, 5.74) is 5.96. The second-order valence-corrected chi connectivity index (χ2v) is 6.20. The molecular formula is C19H18ClN3O4S. The van der Waals surface area contributed by atoms with Crippen LogP contribution < -0.4 is 25.6 Å². The van der Waals surface area contributed by atoms with Gasteiger partial charge in [-0.15, -0.1) is 0 Å². The van der Waals surface area contributed by atoms with Crippen molar-refractivity contribution in [1.29, 1.82) is 0 Å². The third kappa shape index (κ3) is 6.26. The standard InChI is InChI=1S/C19H18ClN3O4S/c1-26-15-9-3-12(11-16(15)27-2)4-10-17(24)21-19(28)23-22-18(25)13-5-7-14(20)8-6-13/h3-11H,1-2H3,(H,22,25)(H2,21,23,24,28). The lowest BCUT2D eigenvalue weighted by Gasteiger charge is -2.10. The first kappa shape index (κ1) is 21.2. The van der Waals surface area contributed by atoms with E-state index in [1.54, 1.807) is 55.7 Å². The maximum Gasteiger partial charge on any atom is 0.269 e. The van der Waals surface area contributed by atoms with E-state index in [9.17, 15) is 9.59 Å². The Morgan fingerprint density at radius 3 is 2.32 bits per heavy atom. The molecule has 2 rings (SSSR count). The number of hydrazine groups is 1. The molecule has 146 valence electrons. The van der Waals surface area contributed by atoms with Crippen molar-refractivity contribution in [1.82, 2.24) is 16.2 Å². The van der Waals surface area contributed by atoms with Gasteiger partial charge in [0.25, 0.3) is 5.91 Å². The van der Waals surface area contributed by atoms with Crippen LogP contribution in [0.1, 0.15) is 15.9 Å². The number of nitrogens with one attached hydrogen (secondary N) is 3. The minimum Gasteiger partial charge on any atom is -0.493 e. The fourth-order valence-corrected chi connectivity index (χ4v) is 2.38. The molecule has 0 fully saturated rings. The van der Waals surface area contributed by atoms with Gasteiger partial charge in [-0.3, -0.25) is 25.8 Å². The van der Waals surface area contributed by atoms with E-state index in [0.29, 0.717) is 22.1 Å². The van der Waals surface area contributed by atoms with Gasteiger partial charge in [0.05, 0.1) is 14.2 Å². The van der Waals surface area contributed by atoms with E-state index in [1.165, 1.54) is 13.2 Å². The zero-order chi connectivity index (χ0) is 20.5. The molecule has 0 aliphatic heterocycles. The zero-order valence-electron chi connectivity index (χ0n) is 15.1. The van der Waals surface area contributed by atoms with Crippen LogP contribution in [0.4, 0.5) is 0 Å². The number of thiocarbonyl (C=S) groups is 1. The summed E-state index contributed by atoms with van der Waals surface area (Å²) in [5, 5.41) is 2.89. The largest absolute Gasteiger partial charge is 0.493 e. The molecule has 0 saturated heterocycles. The van der Waals surface area contributed by atoms with Crippen molar-refractivity contribution in [3.05, 3.63) is 64.7 Å². The molecule has 3 N–H and O–H groups in total. The number of hydrogen-bond donors (Lipinski definition) is 3.